The molecule has 0 bridgehead atoms. The summed E-state index contributed by atoms with van der Waals surface area (Å²) in [6.07, 6.45) is 1.68. The summed E-state index contributed by atoms with van der Waals surface area (Å²) in [5.74, 6) is 0.359. The highest BCUT2D eigenvalue weighted by atomic mass is 16.6. The molecule has 1 aliphatic rings. The Balaban J connectivity index is 2.36. The summed E-state index contributed by atoms with van der Waals surface area (Å²) in [4.78, 5) is 15.7. The van der Waals surface area contributed by atoms with Crippen LogP contribution in [-0.2, 0) is 4.74 Å². The fraction of sp³-hybridized carbons (Fsp3) is 0.857. The predicted molar refractivity (Wildman–Crippen MR) is 73.6 cm³/mol. The van der Waals surface area contributed by atoms with E-state index in [2.05, 4.69) is 17.9 Å². The van der Waals surface area contributed by atoms with Gasteiger partial charge in [-0.3, -0.25) is 4.90 Å². The highest BCUT2D eigenvalue weighted by molar-refractivity contribution is 5.67. The van der Waals surface area contributed by atoms with Gasteiger partial charge >= 0.3 is 6.09 Å². The molecule has 1 unspecified atom stereocenters. The van der Waals surface area contributed by atoms with E-state index in [-0.39, 0.29) is 12.1 Å². The lowest BCUT2D eigenvalue weighted by molar-refractivity contribution is 0.0630. The largest absolute Gasteiger partial charge is 0.449 e. The van der Waals surface area contributed by atoms with Gasteiger partial charge in [0.05, 0.1) is 18.7 Å². The summed E-state index contributed by atoms with van der Waals surface area (Å²) in [5.41, 5.74) is 0. The molecule has 19 heavy (non-hydrogen) atoms. The first-order valence-corrected chi connectivity index (χ1v) is 7.13. The second-order valence-corrected chi connectivity index (χ2v) is 5.43. The van der Waals surface area contributed by atoms with Crippen molar-refractivity contribution in [2.24, 2.45) is 5.92 Å². The number of carbonyl (C=O) groups is 1. The zero-order chi connectivity index (χ0) is 14.3. The Bertz CT molecular complexity index is 317. The molecule has 0 aromatic heterocycles. The molecule has 5 heteroatoms. The van der Waals surface area contributed by atoms with Gasteiger partial charge in [0, 0.05) is 26.2 Å². The maximum absolute atomic E-state index is 11.8. The first-order chi connectivity index (χ1) is 9.08. The maximum atomic E-state index is 11.8. The molecule has 0 aromatic carbocycles. The topological polar surface area (TPSA) is 56.6 Å². The van der Waals surface area contributed by atoms with E-state index in [9.17, 15) is 4.79 Å². The Kier molecular flexibility index (Phi) is 6.65. The monoisotopic (exact) mass is 267 g/mol. The minimum Gasteiger partial charge on any atom is -0.449 e. The quantitative estimate of drug-likeness (QED) is 0.765. The Morgan fingerprint density at radius 2 is 1.95 bits per heavy atom. The number of carbonyl (C=O) groups excluding carboxylic acids is 1. The van der Waals surface area contributed by atoms with Crippen LogP contribution < -0.4 is 0 Å². The number of piperazine rings is 1. The second kappa shape index (κ2) is 8.00. The van der Waals surface area contributed by atoms with Crippen molar-refractivity contribution >= 4 is 6.09 Å². The molecule has 1 amide bonds. The Labute approximate surface area is 116 Å². The van der Waals surface area contributed by atoms with E-state index in [1.54, 1.807) is 4.90 Å². The van der Waals surface area contributed by atoms with Crippen LogP contribution in [0.15, 0.2) is 0 Å². The van der Waals surface area contributed by atoms with Gasteiger partial charge < -0.3 is 9.64 Å². The molecule has 108 valence electrons. The lowest BCUT2D eigenvalue weighted by Crippen LogP contribution is -2.51. The number of nitrogens with zero attached hydrogens (tertiary/aromatic N) is 3. The first kappa shape index (κ1) is 15.8. The fourth-order valence-corrected chi connectivity index (χ4v) is 2.15. The molecule has 0 aromatic rings. The van der Waals surface area contributed by atoms with Crippen LogP contribution in [0.5, 0.6) is 0 Å². The molecular weight excluding hydrogens is 242 g/mol. The molecule has 0 aliphatic carbocycles. The molecule has 1 rings (SSSR count). The number of rotatable bonds is 5. The molecule has 1 fully saturated rings. The third-order valence-corrected chi connectivity index (χ3v) is 3.26. The Morgan fingerprint density at radius 1 is 1.32 bits per heavy atom. The zero-order valence-corrected chi connectivity index (χ0v) is 12.3. The summed E-state index contributed by atoms with van der Waals surface area (Å²) < 4.78 is 5.22. The van der Waals surface area contributed by atoms with Crippen molar-refractivity contribution in [1.29, 1.82) is 5.26 Å². The van der Waals surface area contributed by atoms with Gasteiger partial charge in [0.2, 0.25) is 0 Å². The smallest absolute Gasteiger partial charge is 0.409 e. The second-order valence-electron chi connectivity index (χ2n) is 5.43. The first-order valence-electron chi connectivity index (χ1n) is 7.13. The van der Waals surface area contributed by atoms with Crippen molar-refractivity contribution in [2.75, 3.05) is 32.8 Å². The fourth-order valence-electron chi connectivity index (χ4n) is 2.15. The van der Waals surface area contributed by atoms with Crippen molar-refractivity contribution in [1.82, 2.24) is 9.80 Å². The molecule has 1 aliphatic heterocycles. The van der Waals surface area contributed by atoms with E-state index in [1.807, 2.05) is 13.8 Å². The molecule has 5 nitrogen and oxygen atoms in total. The van der Waals surface area contributed by atoms with Crippen molar-refractivity contribution in [3.05, 3.63) is 0 Å². The predicted octanol–water partition coefficient (Wildman–Crippen LogP) is 2.09. The van der Waals surface area contributed by atoms with E-state index in [4.69, 9.17) is 10.00 Å². The van der Waals surface area contributed by atoms with Gasteiger partial charge in [-0.2, -0.15) is 5.26 Å². The molecule has 1 atom stereocenters. The standard InChI is InChI=1S/C14H25N3O2/c1-4-5-13(10-15)16-6-8-17(9-7-16)14(18)19-11-12(2)3/h12-13H,4-9,11H2,1-3H3. The van der Waals surface area contributed by atoms with E-state index in [0.29, 0.717) is 25.6 Å². The van der Waals surface area contributed by atoms with E-state index < -0.39 is 0 Å². The van der Waals surface area contributed by atoms with Gasteiger partial charge in [0.15, 0.2) is 0 Å². The number of hydrogen-bond acceptors (Lipinski definition) is 4. The van der Waals surface area contributed by atoms with Crippen LogP contribution in [0.4, 0.5) is 4.79 Å². The lowest BCUT2D eigenvalue weighted by atomic mass is 10.1. The minimum absolute atomic E-state index is 0.0150. The third-order valence-electron chi connectivity index (χ3n) is 3.26. The highest BCUT2D eigenvalue weighted by Crippen LogP contribution is 2.11. The molecular formula is C14H25N3O2. The van der Waals surface area contributed by atoms with Crippen LogP contribution in [0, 0.1) is 17.2 Å². The molecule has 0 saturated carbocycles. The molecule has 0 radical (unpaired) electrons. The minimum atomic E-state index is -0.225. The Morgan fingerprint density at radius 3 is 2.42 bits per heavy atom. The zero-order valence-electron chi connectivity index (χ0n) is 12.3. The van der Waals surface area contributed by atoms with Crippen molar-refractivity contribution in [3.63, 3.8) is 0 Å². The summed E-state index contributed by atoms with van der Waals surface area (Å²) in [7, 11) is 0. The lowest BCUT2D eigenvalue weighted by Gasteiger charge is -2.36. The van der Waals surface area contributed by atoms with E-state index in [0.717, 1.165) is 25.9 Å². The van der Waals surface area contributed by atoms with Crippen LogP contribution in [0.3, 0.4) is 0 Å². The van der Waals surface area contributed by atoms with Crippen molar-refractivity contribution in [3.8, 4) is 6.07 Å². The third kappa shape index (κ3) is 5.07. The number of hydrogen-bond donors (Lipinski definition) is 0. The average molecular weight is 267 g/mol. The normalized spacial score (nSPS) is 18.2. The van der Waals surface area contributed by atoms with Gasteiger partial charge in [-0.15, -0.1) is 0 Å². The molecule has 1 saturated heterocycles. The van der Waals surface area contributed by atoms with Crippen LogP contribution >= 0.6 is 0 Å². The Hall–Kier alpha value is -1.28. The van der Waals surface area contributed by atoms with Crippen molar-refractivity contribution in [2.45, 2.75) is 39.7 Å². The average Bonchev–Trinajstić information content (AvgIpc) is 2.42. The number of nitriles is 1. The van der Waals surface area contributed by atoms with Gasteiger partial charge in [-0.25, -0.2) is 4.79 Å². The van der Waals surface area contributed by atoms with Crippen LogP contribution in [-0.4, -0.2) is 54.7 Å². The van der Waals surface area contributed by atoms with Gasteiger partial charge in [0.1, 0.15) is 0 Å². The van der Waals surface area contributed by atoms with E-state index >= 15 is 0 Å². The summed E-state index contributed by atoms with van der Waals surface area (Å²) in [5, 5.41) is 9.13. The summed E-state index contributed by atoms with van der Waals surface area (Å²) >= 11 is 0. The summed E-state index contributed by atoms with van der Waals surface area (Å²) in [6, 6.07) is 2.33. The van der Waals surface area contributed by atoms with Gasteiger partial charge in [-0.05, 0) is 12.3 Å². The van der Waals surface area contributed by atoms with Gasteiger partial charge in [-0.1, -0.05) is 27.2 Å². The van der Waals surface area contributed by atoms with Crippen LogP contribution in [0.2, 0.25) is 0 Å². The SMILES string of the molecule is CCCC(C#N)N1CCN(C(=O)OCC(C)C)CC1. The van der Waals surface area contributed by atoms with Crippen LogP contribution in [0.25, 0.3) is 0 Å². The summed E-state index contributed by atoms with van der Waals surface area (Å²) in [6.45, 7) is 9.42. The number of amides is 1. The highest BCUT2D eigenvalue weighted by Gasteiger charge is 2.26. The molecule has 0 N–H and O–H groups in total. The maximum Gasteiger partial charge on any atom is 0.409 e. The van der Waals surface area contributed by atoms with Crippen LogP contribution in [0.1, 0.15) is 33.6 Å². The van der Waals surface area contributed by atoms with Crippen molar-refractivity contribution < 1.29 is 9.53 Å². The van der Waals surface area contributed by atoms with E-state index in [1.165, 1.54) is 0 Å². The molecule has 1 heterocycles. The number of ether oxygens (including phenoxy) is 1. The van der Waals surface area contributed by atoms with Gasteiger partial charge in [0.25, 0.3) is 0 Å². The molecule has 0 spiro atoms.